The minimum atomic E-state index is -0.159. The van der Waals surface area contributed by atoms with E-state index in [0.29, 0.717) is 22.3 Å². The molecular formula is C18H18ClN7O. The third-order valence-electron chi connectivity index (χ3n) is 4.09. The number of hydrogen-bond acceptors (Lipinski definition) is 6. The molecular weight excluding hydrogens is 366 g/mol. The van der Waals surface area contributed by atoms with Crippen LogP contribution in [0.1, 0.15) is 6.92 Å². The number of fused-ring (bicyclic) bond motifs is 1. The Kier molecular flexibility index (Phi) is 4.51. The molecule has 0 fully saturated rings. The van der Waals surface area contributed by atoms with Gasteiger partial charge in [0.15, 0.2) is 5.65 Å². The molecule has 0 aliphatic carbocycles. The standard InChI is InChI=1S/C18H18ClN7O/c1-11(10-27)21-18-23-17-16(13-7-20-25(2)8-13)22-15(9-26(17)24-18)12-3-5-14(19)6-4-12/h3-9,11,27H,10H2,1-2H3,(H,21,24). The summed E-state index contributed by atoms with van der Waals surface area (Å²) in [7, 11) is 1.85. The number of rotatable bonds is 5. The van der Waals surface area contributed by atoms with Crippen molar-refractivity contribution in [2.75, 3.05) is 11.9 Å². The number of aryl methyl sites for hydroxylation is 1. The first-order valence-electron chi connectivity index (χ1n) is 8.43. The molecule has 0 aliphatic rings. The molecule has 0 radical (unpaired) electrons. The Morgan fingerprint density at radius 3 is 2.59 bits per heavy atom. The molecule has 138 valence electrons. The predicted octanol–water partition coefficient (Wildman–Crippen LogP) is 2.64. The molecule has 0 spiro atoms. The molecule has 1 aromatic carbocycles. The van der Waals surface area contributed by atoms with Gasteiger partial charge in [0.2, 0.25) is 5.95 Å². The van der Waals surface area contributed by atoms with Crippen LogP contribution in [0.15, 0.2) is 42.9 Å². The highest BCUT2D eigenvalue weighted by Crippen LogP contribution is 2.27. The summed E-state index contributed by atoms with van der Waals surface area (Å²) >= 11 is 6.00. The molecule has 2 N–H and O–H groups in total. The van der Waals surface area contributed by atoms with Crippen molar-refractivity contribution >= 4 is 23.2 Å². The van der Waals surface area contributed by atoms with Gasteiger partial charge in [0.05, 0.1) is 24.7 Å². The summed E-state index contributed by atoms with van der Waals surface area (Å²) in [5.41, 5.74) is 3.78. The topological polar surface area (TPSA) is 93.2 Å². The average Bonchev–Trinajstić information content (AvgIpc) is 3.27. The number of nitrogens with one attached hydrogen (secondary N) is 1. The minimum absolute atomic E-state index is 0.0146. The van der Waals surface area contributed by atoms with E-state index in [4.69, 9.17) is 16.6 Å². The van der Waals surface area contributed by atoms with Gasteiger partial charge in [0.1, 0.15) is 5.69 Å². The van der Waals surface area contributed by atoms with E-state index in [-0.39, 0.29) is 12.6 Å². The maximum Gasteiger partial charge on any atom is 0.243 e. The SMILES string of the molecule is CC(CO)Nc1nc2c(-c3cnn(C)c3)nc(-c3ccc(Cl)cc3)cn2n1. The van der Waals surface area contributed by atoms with Crippen LogP contribution in [0.25, 0.3) is 28.2 Å². The maximum atomic E-state index is 9.26. The molecule has 9 heteroatoms. The summed E-state index contributed by atoms with van der Waals surface area (Å²) in [6.07, 6.45) is 5.44. The van der Waals surface area contributed by atoms with Crippen LogP contribution in [0.3, 0.4) is 0 Å². The summed E-state index contributed by atoms with van der Waals surface area (Å²) < 4.78 is 3.40. The highest BCUT2D eigenvalue weighted by molar-refractivity contribution is 6.30. The molecule has 3 aromatic heterocycles. The van der Waals surface area contributed by atoms with E-state index in [9.17, 15) is 5.11 Å². The van der Waals surface area contributed by atoms with Crippen molar-refractivity contribution in [1.29, 1.82) is 0 Å². The van der Waals surface area contributed by atoms with Gasteiger partial charge in [-0.15, -0.1) is 5.10 Å². The summed E-state index contributed by atoms with van der Waals surface area (Å²) in [6, 6.07) is 7.31. The first kappa shape index (κ1) is 17.4. The van der Waals surface area contributed by atoms with Crippen molar-refractivity contribution in [1.82, 2.24) is 29.4 Å². The predicted molar refractivity (Wildman–Crippen MR) is 104 cm³/mol. The normalized spacial score (nSPS) is 12.4. The third kappa shape index (κ3) is 3.49. The number of hydrogen-bond donors (Lipinski definition) is 2. The summed E-state index contributed by atoms with van der Waals surface area (Å²) in [4.78, 5) is 9.34. The highest BCUT2D eigenvalue weighted by Gasteiger charge is 2.16. The zero-order chi connectivity index (χ0) is 19.0. The molecule has 0 bridgehead atoms. The van der Waals surface area contributed by atoms with Crippen molar-refractivity contribution in [3.63, 3.8) is 0 Å². The molecule has 1 unspecified atom stereocenters. The van der Waals surface area contributed by atoms with Crippen LogP contribution in [-0.2, 0) is 7.05 Å². The number of aromatic nitrogens is 6. The van der Waals surface area contributed by atoms with Crippen molar-refractivity contribution < 1.29 is 5.11 Å². The molecule has 0 aliphatic heterocycles. The fraction of sp³-hybridized carbons (Fsp3) is 0.222. The Balaban J connectivity index is 1.89. The quantitative estimate of drug-likeness (QED) is 0.550. The van der Waals surface area contributed by atoms with Gasteiger partial charge in [-0.3, -0.25) is 4.68 Å². The van der Waals surface area contributed by atoms with Crippen molar-refractivity contribution in [2.45, 2.75) is 13.0 Å². The number of aliphatic hydroxyl groups excluding tert-OH is 1. The molecule has 4 rings (SSSR count). The van der Waals surface area contributed by atoms with Crippen molar-refractivity contribution in [3.8, 4) is 22.5 Å². The summed E-state index contributed by atoms with van der Waals surface area (Å²) in [6.45, 7) is 1.84. The zero-order valence-electron chi connectivity index (χ0n) is 14.8. The van der Waals surface area contributed by atoms with Crippen LogP contribution in [0, 0.1) is 0 Å². The molecule has 4 aromatic rings. The van der Waals surface area contributed by atoms with Gasteiger partial charge in [0.25, 0.3) is 0 Å². The van der Waals surface area contributed by atoms with E-state index < -0.39 is 0 Å². The van der Waals surface area contributed by atoms with Gasteiger partial charge in [-0.2, -0.15) is 10.1 Å². The number of aliphatic hydroxyl groups is 1. The van der Waals surface area contributed by atoms with Gasteiger partial charge in [-0.1, -0.05) is 23.7 Å². The molecule has 8 nitrogen and oxygen atoms in total. The Morgan fingerprint density at radius 1 is 1.15 bits per heavy atom. The van der Waals surface area contributed by atoms with Gasteiger partial charge >= 0.3 is 0 Å². The number of nitrogens with zero attached hydrogens (tertiary/aromatic N) is 6. The van der Waals surface area contributed by atoms with E-state index >= 15 is 0 Å². The molecule has 1 atom stereocenters. The van der Waals surface area contributed by atoms with Crippen LogP contribution in [-0.4, -0.2) is 47.1 Å². The number of halogens is 1. The average molecular weight is 384 g/mol. The van der Waals surface area contributed by atoms with E-state index in [0.717, 1.165) is 16.8 Å². The Hall–Kier alpha value is -2.97. The van der Waals surface area contributed by atoms with Crippen molar-refractivity contribution in [2.24, 2.45) is 7.05 Å². The van der Waals surface area contributed by atoms with E-state index in [1.54, 1.807) is 15.4 Å². The largest absolute Gasteiger partial charge is 0.394 e. The second-order valence-corrected chi connectivity index (χ2v) is 6.75. The van der Waals surface area contributed by atoms with Crippen LogP contribution >= 0.6 is 11.6 Å². The minimum Gasteiger partial charge on any atom is -0.394 e. The first-order valence-corrected chi connectivity index (χ1v) is 8.81. The lowest BCUT2D eigenvalue weighted by Gasteiger charge is -2.06. The lowest BCUT2D eigenvalue weighted by molar-refractivity contribution is 0.281. The van der Waals surface area contributed by atoms with Crippen LogP contribution in [0.4, 0.5) is 5.95 Å². The second kappa shape index (κ2) is 6.98. The Bertz CT molecular complexity index is 1090. The van der Waals surface area contributed by atoms with Gasteiger partial charge in [0, 0.05) is 35.4 Å². The first-order chi connectivity index (χ1) is 13.0. The van der Waals surface area contributed by atoms with E-state index in [2.05, 4.69) is 20.5 Å². The van der Waals surface area contributed by atoms with E-state index in [1.165, 1.54) is 0 Å². The van der Waals surface area contributed by atoms with E-state index in [1.807, 2.05) is 50.6 Å². The molecule has 3 heterocycles. The fourth-order valence-corrected chi connectivity index (χ4v) is 2.84. The van der Waals surface area contributed by atoms with Crippen LogP contribution in [0.2, 0.25) is 5.02 Å². The van der Waals surface area contributed by atoms with Gasteiger partial charge in [-0.05, 0) is 19.1 Å². The fourth-order valence-electron chi connectivity index (χ4n) is 2.71. The number of benzene rings is 1. The molecule has 0 amide bonds. The van der Waals surface area contributed by atoms with Crippen molar-refractivity contribution in [3.05, 3.63) is 47.9 Å². The lowest BCUT2D eigenvalue weighted by atomic mass is 10.1. The van der Waals surface area contributed by atoms with Crippen LogP contribution < -0.4 is 5.32 Å². The molecule has 0 saturated carbocycles. The molecule has 27 heavy (non-hydrogen) atoms. The number of anilines is 1. The maximum absolute atomic E-state index is 9.26. The second-order valence-electron chi connectivity index (χ2n) is 6.32. The summed E-state index contributed by atoms with van der Waals surface area (Å²) in [5, 5.41) is 21.7. The highest BCUT2D eigenvalue weighted by atomic mass is 35.5. The summed E-state index contributed by atoms with van der Waals surface area (Å²) in [5.74, 6) is 0.428. The lowest BCUT2D eigenvalue weighted by Crippen LogP contribution is -2.20. The third-order valence-corrected chi connectivity index (χ3v) is 4.34. The monoisotopic (exact) mass is 383 g/mol. The Labute approximate surface area is 160 Å². The Morgan fingerprint density at radius 2 is 1.93 bits per heavy atom. The smallest absolute Gasteiger partial charge is 0.243 e. The van der Waals surface area contributed by atoms with Gasteiger partial charge in [-0.25, -0.2) is 9.50 Å². The zero-order valence-corrected chi connectivity index (χ0v) is 15.6. The van der Waals surface area contributed by atoms with Gasteiger partial charge < -0.3 is 10.4 Å². The van der Waals surface area contributed by atoms with Crippen LogP contribution in [0.5, 0.6) is 0 Å². The molecule has 0 saturated heterocycles.